The molecule has 0 spiro atoms. The predicted molar refractivity (Wildman–Crippen MR) is 97.7 cm³/mol. The third kappa shape index (κ3) is 4.05. The van der Waals surface area contributed by atoms with E-state index in [9.17, 15) is 9.59 Å². The second kappa shape index (κ2) is 8.33. The van der Waals surface area contributed by atoms with Gasteiger partial charge in [0.25, 0.3) is 0 Å². The molecular formula is C20H26N4O2. The van der Waals surface area contributed by atoms with E-state index in [1.165, 1.54) is 6.42 Å². The number of hydrogen-bond acceptors (Lipinski definition) is 4. The zero-order valence-corrected chi connectivity index (χ0v) is 15.0. The highest BCUT2D eigenvalue weighted by Gasteiger charge is 2.41. The van der Waals surface area contributed by atoms with Crippen molar-refractivity contribution in [1.29, 1.82) is 5.26 Å². The van der Waals surface area contributed by atoms with Crippen molar-refractivity contribution < 1.29 is 9.59 Å². The molecule has 1 aliphatic carbocycles. The SMILES string of the molecule is N#Cc1ccc(CNC(=O)[C@H]2CCN2C(=O)[C@@H](N)C2CCCCC2)cc1. The average Bonchev–Trinajstić information content (AvgIpc) is 2.66. The third-order valence-corrected chi connectivity index (χ3v) is 5.60. The van der Waals surface area contributed by atoms with E-state index in [-0.39, 0.29) is 17.7 Å². The first-order chi connectivity index (χ1) is 12.6. The van der Waals surface area contributed by atoms with Gasteiger partial charge in [-0.3, -0.25) is 9.59 Å². The number of nitriles is 1. The lowest BCUT2D eigenvalue weighted by molar-refractivity contribution is -0.149. The van der Waals surface area contributed by atoms with Crippen LogP contribution in [0.25, 0.3) is 0 Å². The molecule has 138 valence electrons. The molecule has 0 radical (unpaired) electrons. The molecule has 26 heavy (non-hydrogen) atoms. The van der Waals surface area contributed by atoms with Crippen LogP contribution >= 0.6 is 0 Å². The molecule has 0 aromatic heterocycles. The molecule has 1 aromatic rings. The molecule has 6 heteroatoms. The maximum Gasteiger partial charge on any atom is 0.243 e. The first kappa shape index (κ1) is 18.4. The van der Waals surface area contributed by atoms with Crippen LogP contribution in [0.4, 0.5) is 0 Å². The van der Waals surface area contributed by atoms with Crippen molar-refractivity contribution in [3.05, 3.63) is 35.4 Å². The fraction of sp³-hybridized carbons (Fsp3) is 0.550. The fourth-order valence-electron chi connectivity index (χ4n) is 3.81. The highest BCUT2D eigenvalue weighted by atomic mass is 16.2. The Morgan fingerprint density at radius 2 is 1.88 bits per heavy atom. The van der Waals surface area contributed by atoms with Crippen LogP contribution in [-0.2, 0) is 16.1 Å². The van der Waals surface area contributed by atoms with Gasteiger partial charge in [0, 0.05) is 13.1 Å². The monoisotopic (exact) mass is 354 g/mol. The molecule has 1 saturated carbocycles. The summed E-state index contributed by atoms with van der Waals surface area (Å²) in [7, 11) is 0. The molecule has 0 unspecified atom stereocenters. The number of carbonyl (C=O) groups is 2. The molecule has 1 saturated heterocycles. The first-order valence-corrected chi connectivity index (χ1v) is 9.43. The van der Waals surface area contributed by atoms with Crippen LogP contribution in [0.15, 0.2) is 24.3 Å². The van der Waals surface area contributed by atoms with Crippen molar-refractivity contribution in [2.75, 3.05) is 6.54 Å². The lowest BCUT2D eigenvalue weighted by Gasteiger charge is -2.42. The van der Waals surface area contributed by atoms with Crippen molar-refractivity contribution in [2.45, 2.75) is 57.2 Å². The molecule has 0 bridgehead atoms. The zero-order valence-electron chi connectivity index (χ0n) is 15.0. The molecule has 1 heterocycles. The second-order valence-electron chi connectivity index (χ2n) is 7.29. The smallest absolute Gasteiger partial charge is 0.243 e. The van der Waals surface area contributed by atoms with Crippen molar-refractivity contribution in [3.63, 3.8) is 0 Å². The Kier molecular flexibility index (Phi) is 5.89. The van der Waals surface area contributed by atoms with E-state index in [4.69, 9.17) is 11.0 Å². The first-order valence-electron chi connectivity index (χ1n) is 9.43. The van der Waals surface area contributed by atoms with Crippen molar-refractivity contribution in [3.8, 4) is 6.07 Å². The molecule has 1 aromatic carbocycles. The number of hydrogen-bond donors (Lipinski definition) is 2. The van der Waals surface area contributed by atoms with Crippen molar-refractivity contribution in [1.82, 2.24) is 10.2 Å². The van der Waals surface area contributed by atoms with E-state index in [1.807, 2.05) is 12.1 Å². The molecule has 2 aliphatic rings. The van der Waals surface area contributed by atoms with Gasteiger partial charge in [0.1, 0.15) is 6.04 Å². The van der Waals surface area contributed by atoms with Crippen molar-refractivity contribution in [2.24, 2.45) is 11.7 Å². The summed E-state index contributed by atoms with van der Waals surface area (Å²) in [6.45, 7) is 0.992. The molecule has 3 N–H and O–H groups in total. The number of nitrogens with one attached hydrogen (secondary N) is 1. The summed E-state index contributed by atoms with van der Waals surface area (Å²) in [6, 6.07) is 8.27. The number of carbonyl (C=O) groups excluding carboxylic acids is 2. The number of amides is 2. The van der Waals surface area contributed by atoms with E-state index in [0.29, 0.717) is 25.1 Å². The lowest BCUT2D eigenvalue weighted by Crippen LogP contribution is -2.62. The van der Waals surface area contributed by atoms with Gasteiger partial charge in [-0.25, -0.2) is 0 Å². The van der Waals surface area contributed by atoms with Gasteiger partial charge < -0.3 is 16.0 Å². The largest absolute Gasteiger partial charge is 0.350 e. The Bertz CT molecular complexity index is 689. The van der Waals surface area contributed by atoms with Gasteiger partial charge in [0.15, 0.2) is 0 Å². The summed E-state index contributed by atoms with van der Waals surface area (Å²) in [6.07, 6.45) is 6.21. The molecule has 2 amide bonds. The summed E-state index contributed by atoms with van der Waals surface area (Å²) in [5.41, 5.74) is 7.72. The van der Waals surface area contributed by atoms with E-state index in [1.54, 1.807) is 17.0 Å². The van der Waals surface area contributed by atoms with Crippen LogP contribution < -0.4 is 11.1 Å². The molecule has 2 atom stereocenters. The van der Waals surface area contributed by atoms with Gasteiger partial charge in [-0.15, -0.1) is 0 Å². The van der Waals surface area contributed by atoms with E-state index in [0.717, 1.165) is 31.2 Å². The maximum atomic E-state index is 12.7. The van der Waals surface area contributed by atoms with E-state index in [2.05, 4.69) is 11.4 Å². The number of nitrogens with two attached hydrogens (primary N) is 1. The standard InChI is InChI=1S/C20H26N4O2/c21-12-14-6-8-15(9-7-14)13-23-19(25)17-10-11-24(17)20(26)18(22)16-4-2-1-3-5-16/h6-9,16-18H,1-5,10-11,13,22H2,(H,23,25)/t17-,18+/m1/s1. The lowest BCUT2D eigenvalue weighted by atomic mass is 9.83. The Labute approximate surface area is 154 Å². The second-order valence-corrected chi connectivity index (χ2v) is 7.29. The van der Waals surface area contributed by atoms with Crippen molar-refractivity contribution >= 4 is 11.8 Å². The normalized spacial score (nSPS) is 21.4. The number of benzene rings is 1. The maximum absolute atomic E-state index is 12.7. The van der Waals surface area contributed by atoms with Crippen LogP contribution in [0.1, 0.15) is 49.7 Å². The van der Waals surface area contributed by atoms with Gasteiger partial charge in [0.2, 0.25) is 11.8 Å². The minimum Gasteiger partial charge on any atom is -0.350 e. The Hall–Kier alpha value is -2.39. The quantitative estimate of drug-likeness (QED) is 0.840. The van der Waals surface area contributed by atoms with Gasteiger partial charge >= 0.3 is 0 Å². The van der Waals surface area contributed by atoms with E-state index < -0.39 is 12.1 Å². The number of nitrogens with zero attached hydrogens (tertiary/aromatic N) is 2. The van der Waals surface area contributed by atoms with Crippen LogP contribution in [-0.4, -0.2) is 35.3 Å². The Morgan fingerprint density at radius 1 is 1.19 bits per heavy atom. The summed E-state index contributed by atoms with van der Waals surface area (Å²) < 4.78 is 0. The zero-order chi connectivity index (χ0) is 18.5. The van der Waals surface area contributed by atoms with Gasteiger partial charge in [0.05, 0.1) is 17.7 Å². The van der Waals surface area contributed by atoms with Crippen LogP contribution in [0, 0.1) is 17.2 Å². The predicted octanol–water partition coefficient (Wildman–Crippen LogP) is 1.68. The average molecular weight is 354 g/mol. The van der Waals surface area contributed by atoms with Crippen LogP contribution in [0.3, 0.4) is 0 Å². The van der Waals surface area contributed by atoms with Gasteiger partial charge in [-0.05, 0) is 42.9 Å². The van der Waals surface area contributed by atoms with E-state index >= 15 is 0 Å². The molecule has 3 rings (SSSR count). The van der Waals surface area contributed by atoms with Gasteiger partial charge in [-0.1, -0.05) is 31.4 Å². The third-order valence-electron chi connectivity index (χ3n) is 5.60. The fourth-order valence-corrected chi connectivity index (χ4v) is 3.81. The summed E-state index contributed by atoms with van der Waals surface area (Å²) >= 11 is 0. The molecule has 1 aliphatic heterocycles. The minimum absolute atomic E-state index is 0.0818. The Morgan fingerprint density at radius 3 is 2.46 bits per heavy atom. The number of rotatable bonds is 5. The molecule has 6 nitrogen and oxygen atoms in total. The molecular weight excluding hydrogens is 328 g/mol. The number of likely N-dealkylation sites (tertiary alicyclic amines) is 1. The molecule has 2 fully saturated rings. The highest BCUT2D eigenvalue weighted by molar-refractivity contribution is 5.91. The highest BCUT2D eigenvalue weighted by Crippen LogP contribution is 2.28. The summed E-state index contributed by atoms with van der Waals surface area (Å²) in [4.78, 5) is 26.7. The van der Waals surface area contributed by atoms with Gasteiger partial charge in [-0.2, -0.15) is 5.26 Å². The summed E-state index contributed by atoms with van der Waals surface area (Å²) in [5.74, 6) is 0.0330. The van der Waals surface area contributed by atoms with Crippen LogP contribution in [0.2, 0.25) is 0 Å². The minimum atomic E-state index is -0.482. The summed E-state index contributed by atoms with van der Waals surface area (Å²) in [5, 5.41) is 11.7. The topological polar surface area (TPSA) is 99.2 Å². The Balaban J connectivity index is 1.51. The van der Waals surface area contributed by atoms with Crippen LogP contribution in [0.5, 0.6) is 0 Å².